The van der Waals surface area contributed by atoms with Crippen LogP contribution in [0, 0.1) is 6.92 Å². The minimum atomic E-state index is -0.239. The first kappa shape index (κ1) is 19.4. The molecule has 7 heteroatoms. The molecule has 2 aromatic carbocycles. The van der Waals surface area contributed by atoms with Crippen molar-refractivity contribution in [1.29, 1.82) is 0 Å². The highest BCUT2D eigenvalue weighted by molar-refractivity contribution is 9.10. The van der Waals surface area contributed by atoms with Crippen molar-refractivity contribution in [2.45, 2.75) is 29.9 Å². The third-order valence-corrected chi connectivity index (χ3v) is 5.27. The van der Waals surface area contributed by atoms with E-state index in [-0.39, 0.29) is 12.1 Å². The van der Waals surface area contributed by atoms with Crippen molar-refractivity contribution >= 4 is 39.4 Å². The SMILES string of the molecule is Cc1cc(Sc2ncccn2)ccc1NC(=O)NC(C)c1cccc(Br)c1. The van der Waals surface area contributed by atoms with Gasteiger partial charge in [-0.05, 0) is 73.1 Å². The van der Waals surface area contributed by atoms with Crippen molar-refractivity contribution in [2.24, 2.45) is 0 Å². The highest BCUT2D eigenvalue weighted by atomic mass is 79.9. The van der Waals surface area contributed by atoms with Crippen molar-refractivity contribution < 1.29 is 4.79 Å². The van der Waals surface area contributed by atoms with Gasteiger partial charge in [-0.2, -0.15) is 0 Å². The third kappa shape index (κ3) is 5.55. The number of carbonyl (C=O) groups excluding carboxylic acids is 1. The van der Waals surface area contributed by atoms with E-state index in [9.17, 15) is 4.79 Å². The number of rotatable bonds is 5. The highest BCUT2D eigenvalue weighted by Crippen LogP contribution is 2.28. The zero-order chi connectivity index (χ0) is 19.2. The molecule has 0 fully saturated rings. The van der Waals surface area contributed by atoms with Crippen molar-refractivity contribution in [3.63, 3.8) is 0 Å². The summed E-state index contributed by atoms with van der Waals surface area (Å²) in [5.41, 5.74) is 2.78. The largest absolute Gasteiger partial charge is 0.331 e. The highest BCUT2D eigenvalue weighted by Gasteiger charge is 2.11. The molecule has 1 atom stereocenters. The molecule has 0 saturated heterocycles. The van der Waals surface area contributed by atoms with Gasteiger partial charge < -0.3 is 10.6 Å². The molecule has 2 amide bonds. The summed E-state index contributed by atoms with van der Waals surface area (Å²) in [6.45, 7) is 3.91. The molecule has 138 valence electrons. The number of hydrogen-bond acceptors (Lipinski definition) is 4. The standard InChI is InChI=1S/C20H19BrN4OS/c1-13-11-17(27-20-22-9-4-10-23-20)7-8-18(13)25-19(26)24-14(2)15-5-3-6-16(21)12-15/h3-12,14H,1-2H3,(H2,24,25,26). The van der Waals surface area contributed by atoms with Crippen LogP contribution < -0.4 is 10.6 Å². The normalized spacial score (nSPS) is 11.7. The number of anilines is 1. The van der Waals surface area contributed by atoms with E-state index < -0.39 is 0 Å². The van der Waals surface area contributed by atoms with Crippen molar-refractivity contribution in [3.8, 4) is 0 Å². The van der Waals surface area contributed by atoms with Crippen LogP contribution in [0.25, 0.3) is 0 Å². The molecule has 27 heavy (non-hydrogen) atoms. The number of hydrogen-bond donors (Lipinski definition) is 2. The number of benzene rings is 2. The van der Waals surface area contributed by atoms with Gasteiger partial charge in [0, 0.05) is 27.4 Å². The van der Waals surface area contributed by atoms with Gasteiger partial charge in [-0.25, -0.2) is 14.8 Å². The number of amides is 2. The van der Waals surface area contributed by atoms with E-state index in [0.717, 1.165) is 26.2 Å². The number of carbonyl (C=O) groups is 1. The number of halogens is 1. The van der Waals surface area contributed by atoms with Gasteiger partial charge in [0.25, 0.3) is 0 Å². The van der Waals surface area contributed by atoms with Crippen molar-refractivity contribution in [3.05, 3.63) is 76.5 Å². The Kier molecular flexibility index (Phi) is 6.47. The summed E-state index contributed by atoms with van der Waals surface area (Å²) < 4.78 is 0.986. The quantitative estimate of drug-likeness (QED) is 0.505. The number of aromatic nitrogens is 2. The molecule has 5 nitrogen and oxygen atoms in total. The lowest BCUT2D eigenvalue weighted by Crippen LogP contribution is -2.31. The molecular weight excluding hydrogens is 424 g/mol. The molecule has 1 unspecified atom stereocenters. The van der Waals surface area contributed by atoms with Gasteiger partial charge in [-0.15, -0.1) is 0 Å². The number of nitrogens with zero attached hydrogens (tertiary/aromatic N) is 2. The summed E-state index contributed by atoms with van der Waals surface area (Å²) in [6.07, 6.45) is 3.43. The van der Waals surface area contributed by atoms with E-state index in [0.29, 0.717) is 5.16 Å². The van der Waals surface area contributed by atoms with Crippen LogP contribution in [0.4, 0.5) is 10.5 Å². The maximum absolute atomic E-state index is 12.4. The fourth-order valence-electron chi connectivity index (χ4n) is 2.50. The van der Waals surface area contributed by atoms with Crippen molar-refractivity contribution in [2.75, 3.05) is 5.32 Å². The lowest BCUT2D eigenvalue weighted by atomic mass is 10.1. The Hall–Kier alpha value is -2.38. The second kappa shape index (κ2) is 9.01. The Bertz CT molecular complexity index is 936. The van der Waals surface area contributed by atoms with Crippen LogP contribution in [0.15, 0.2) is 75.4 Å². The van der Waals surface area contributed by atoms with Crippen LogP contribution in [-0.4, -0.2) is 16.0 Å². The molecule has 0 aliphatic heterocycles. The van der Waals surface area contributed by atoms with Gasteiger partial charge in [0.15, 0.2) is 5.16 Å². The number of urea groups is 1. The average Bonchev–Trinajstić information content (AvgIpc) is 2.65. The summed E-state index contributed by atoms with van der Waals surface area (Å²) >= 11 is 4.93. The van der Waals surface area contributed by atoms with E-state index in [4.69, 9.17) is 0 Å². The number of aryl methyl sites for hydroxylation is 1. The minimum absolute atomic E-state index is 0.104. The maximum Gasteiger partial charge on any atom is 0.319 e. The minimum Gasteiger partial charge on any atom is -0.331 e. The molecule has 3 aromatic rings. The second-order valence-electron chi connectivity index (χ2n) is 5.99. The Morgan fingerprint density at radius 3 is 2.59 bits per heavy atom. The van der Waals surface area contributed by atoms with Crippen LogP contribution in [0.3, 0.4) is 0 Å². The van der Waals surface area contributed by atoms with Gasteiger partial charge in [0.1, 0.15) is 0 Å². The van der Waals surface area contributed by atoms with Crippen LogP contribution >= 0.6 is 27.7 Å². The summed E-state index contributed by atoms with van der Waals surface area (Å²) in [5.74, 6) is 0. The van der Waals surface area contributed by atoms with Gasteiger partial charge in [-0.1, -0.05) is 28.1 Å². The zero-order valence-electron chi connectivity index (χ0n) is 14.9. The molecule has 0 saturated carbocycles. The molecule has 1 heterocycles. The van der Waals surface area contributed by atoms with Crippen LogP contribution in [0.5, 0.6) is 0 Å². The van der Waals surface area contributed by atoms with E-state index in [2.05, 4.69) is 36.5 Å². The number of nitrogens with one attached hydrogen (secondary N) is 2. The van der Waals surface area contributed by atoms with Crippen LogP contribution in [0.2, 0.25) is 0 Å². The van der Waals surface area contributed by atoms with Crippen LogP contribution in [0.1, 0.15) is 24.1 Å². The maximum atomic E-state index is 12.4. The first-order valence-corrected chi connectivity index (χ1v) is 10.0. The third-order valence-electron chi connectivity index (χ3n) is 3.89. The average molecular weight is 443 g/mol. The predicted molar refractivity (Wildman–Crippen MR) is 112 cm³/mol. The molecule has 0 aliphatic rings. The fourth-order valence-corrected chi connectivity index (χ4v) is 3.72. The summed E-state index contributed by atoms with van der Waals surface area (Å²) in [7, 11) is 0. The van der Waals surface area contributed by atoms with Crippen molar-refractivity contribution in [1.82, 2.24) is 15.3 Å². The first-order valence-electron chi connectivity index (χ1n) is 8.40. The van der Waals surface area contributed by atoms with Crippen LogP contribution in [-0.2, 0) is 0 Å². The fraction of sp³-hybridized carbons (Fsp3) is 0.150. The predicted octanol–water partition coefficient (Wildman–Crippen LogP) is 5.58. The first-order chi connectivity index (χ1) is 13.0. The van der Waals surface area contributed by atoms with E-state index >= 15 is 0 Å². The Morgan fingerprint density at radius 1 is 1.11 bits per heavy atom. The van der Waals surface area contributed by atoms with Gasteiger partial charge in [0.2, 0.25) is 0 Å². The monoisotopic (exact) mass is 442 g/mol. The molecule has 0 spiro atoms. The van der Waals surface area contributed by atoms with Gasteiger partial charge in [0.05, 0.1) is 6.04 Å². The lowest BCUT2D eigenvalue weighted by molar-refractivity contribution is 0.249. The van der Waals surface area contributed by atoms with Gasteiger partial charge in [-0.3, -0.25) is 0 Å². The molecule has 0 aliphatic carbocycles. The zero-order valence-corrected chi connectivity index (χ0v) is 17.3. The molecule has 0 bridgehead atoms. The Labute approximate surface area is 171 Å². The van der Waals surface area contributed by atoms with E-state index in [1.807, 2.05) is 56.3 Å². The second-order valence-corrected chi connectivity index (χ2v) is 7.94. The summed E-state index contributed by atoms with van der Waals surface area (Å²) in [5, 5.41) is 6.56. The van der Waals surface area contributed by atoms with Gasteiger partial charge >= 0.3 is 6.03 Å². The topological polar surface area (TPSA) is 66.9 Å². The Balaban J connectivity index is 1.62. The molecule has 0 radical (unpaired) electrons. The van der Waals surface area contributed by atoms with E-state index in [1.54, 1.807) is 18.5 Å². The summed E-state index contributed by atoms with van der Waals surface area (Å²) in [4.78, 5) is 21.8. The molecular formula is C20H19BrN4OS. The summed E-state index contributed by atoms with van der Waals surface area (Å²) in [6, 6.07) is 15.2. The van der Waals surface area contributed by atoms with E-state index in [1.165, 1.54) is 11.8 Å². The lowest BCUT2D eigenvalue weighted by Gasteiger charge is -2.16. The molecule has 3 rings (SSSR count). The molecule has 2 N–H and O–H groups in total. The smallest absolute Gasteiger partial charge is 0.319 e. The Morgan fingerprint density at radius 2 is 1.89 bits per heavy atom. The molecule has 1 aromatic heterocycles.